The van der Waals surface area contributed by atoms with E-state index in [1.54, 1.807) is 12.1 Å². The van der Waals surface area contributed by atoms with Crippen molar-refractivity contribution in [1.29, 1.82) is 0 Å². The second-order valence-corrected chi connectivity index (χ2v) is 5.87. The predicted octanol–water partition coefficient (Wildman–Crippen LogP) is 3.80. The quantitative estimate of drug-likeness (QED) is 0.501. The van der Waals surface area contributed by atoms with Crippen LogP contribution < -0.4 is 5.32 Å². The van der Waals surface area contributed by atoms with E-state index < -0.39 is 0 Å². The first-order chi connectivity index (χ1) is 8.06. The van der Waals surface area contributed by atoms with Crippen molar-refractivity contribution < 1.29 is 4.92 Å². The summed E-state index contributed by atoms with van der Waals surface area (Å²) in [5.41, 5.74) is 1.19. The molecule has 0 unspecified atom stereocenters. The van der Waals surface area contributed by atoms with Crippen LogP contribution in [0.3, 0.4) is 0 Å². The molecule has 5 heteroatoms. The molecule has 17 heavy (non-hydrogen) atoms. The summed E-state index contributed by atoms with van der Waals surface area (Å²) in [5, 5.41) is 14.2. The number of nitrogens with one attached hydrogen (secondary N) is 1. The Kier molecular flexibility index (Phi) is 3.56. The van der Waals surface area contributed by atoms with Gasteiger partial charge in [0.25, 0.3) is 5.69 Å². The lowest BCUT2D eigenvalue weighted by Gasteiger charge is -2.14. The fourth-order valence-corrected chi connectivity index (χ4v) is 2.39. The number of nitrogens with zero attached hydrogens (tertiary/aromatic N) is 1. The standard InChI is InChI=1S/C12H15IN2O2/c1-2-12(5-6-12)8-14-10-4-3-9(13)7-11(10)15(16)17/h3-4,7,14H,2,5-6,8H2,1H3. The van der Waals surface area contributed by atoms with Gasteiger partial charge >= 0.3 is 0 Å². The number of nitro groups is 1. The first-order valence-electron chi connectivity index (χ1n) is 5.74. The van der Waals surface area contributed by atoms with Crippen molar-refractivity contribution >= 4 is 34.0 Å². The van der Waals surface area contributed by atoms with Crippen LogP contribution >= 0.6 is 22.6 Å². The minimum absolute atomic E-state index is 0.170. The Hall–Kier alpha value is -0.850. The van der Waals surface area contributed by atoms with E-state index in [1.807, 2.05) is 6.07 Å². The highest BCUT2D eigenvalue weighted by Gasteiger charge is 2.40. The van der Waals surface area contributed by atoms with Crippen molar-refractivity contribution in [3.63, 3.8) is 0 Å². The molecule has 92 valence electrons. The van der Waals surface area contributed by atoms with Crippen LogP contribution in [0.1, 0.15) is 26.2 Å². The van der Waals surface area contributed by atoms with E-state index >= 15 is 0 Å². The lowest BCUT2D eigenvalue weighted by molar-refractivity contribution is -0.384. The van der Waals surface area contributed by atoms with Crippen LogP contribution in [0.5, 0.6) is 0 Å². The zero-order chi connectivity index (χ0) is 12.5. The summed E-state index contributed by atoms with van der Waals surface area (Å²) in [6.07, 6.45) is 3.60. The molecule has 0 atom stereocenters. The monoisotopic (exact) mass is 346 g/mol. The summed E-state index contributed by atoms with van der Waals surface area (Å²) >= 11 is 2.09. The van der Waals surface area contributed by atoms with Crippen molar-refractivity contribution in [3.8, 4) is 0 Å². The van der Waals surface area contributed by atoms with Crippen LogP contribution in [0.25, 0.3) is 0 Å². The van der Waals surface area contributed by atoms with Crippen molar-refractivity contribution in [3.05, 3.63) is 31.9 Å². The van der Waals surface area contributed by atoms with Crippen molar-refractivity contribution in [2.24, 2.45) is 5.41 Å². The number of hydrogen-bond donors (Lipinski definition) is 1. The molecule has 1 saturated carbocycles. The molecule has 0 radical (unpaired) electrons. The van der Waals surface area contributed by atoms with E-state index in [1.165, 1.54) is 12.8 Å². The van der Waals surface area contributed by atoms with E-state index in [0.29, 0.717) is 11.1 Å². The Morgan fingerprint density at radius 1 is 1.53 bits per heavy atom. The summed E-state index contributed by atoms with van der Waals surface area (Å²) in [6.45, 7) is 3.02. The van der Waals surface area contributed by atoms with Crippen LogP contribution in [-0.4, -0.2) is 11.5 Å². The third-order valence-electron chi connectivity index (χ3n) is 3.52. The Balaban J connectivity index is 2.12. The zero-order valence-electron chi connectivity index (χ0n) is 9.70. The van der Waals surface area contributed by atoms with Crippen LogP contribution in [0.2, 0.25) is 0 Å². The van der Waals surface area contributed by atoms with Gasteiger partial charge in [-0.05, 0) is 59.4 Å². The van der Waals surface area contributed by atoms with Crippen molar-refractivity contribution in [1.82, 2.24) is 0 Å². The minimum Gasteiger partial charge on any atom is -0.379 e. The maximum atomic E-state index is 10.9. The molecule has 0 amide bonds. The highest BCUT2D eigenvalue weighted by molar-refractivity contribution is 14.1. The van der Waals surface area contributed by atoms with Gasteiger partial charge in [-0.2, -0.15) is 0 Å². The van der Waals surface area contributed by atoms with Gasteiger partial charge in [0.15, 0.2) is 0 Å². The molecule has 0 bridgehead atoms. The molecular weight excluding hydrogens is 331 g/mol. The van der Waals surface area contributed by atoms with Crippen molar-refractivity contribution in [2.45, 2.75) is 26.2 Å². The second-order valence-electron chi connectivity index (χ2n) is 4.63. The predicted molar refractivity (Wildman–Crippen MR) is 76.3 cm³/mol. The molecule has 0 aliphatic heterocycles. The fourth-order valence-electron chi connectivity index (χ4n) is 1.92. The summed E-state index contributed by atoms with van der Waals surface area (Å²) in [7, 11) is 0. The van der Waals surface area contributed by atoms with Gasteiger partial charge in [-0.15, -0.1) is 0 Å². The van der Waals surface area contributed by atoms with Gasteiger partial charge in [0.05, 0.1) is 4.92 Å². The summed E-state index contributed by atoms with van der Waals surface area (Å²) in [5.74, 6) is 0. The molecular formula is C12H15IN2O2. The summed E-state index contributed by atoms with van der Waals surface area (Å²) in [4.78, 5) is 10.6. The van der Waals surface area contributed by atoms with Gasteiger partial charge in [0.2, 0.25) is 0 Å². The topological polar surface area (TPSA) is 55.2 Å². The molecule has 0 heterocycles. The number of nitro benzene ring substituents is 1. The van der Waals surface area contributed by atoms with E-state index in [4.69, 9.17) is 0 Å². The van der Waals surface area contributed by atoms with Crippen LogP contribution in [0.15, 0.2) is 18.2 Å². The molecule has 1 N–H and O–H groups in total. The molecule has 0 saturated heterocycles. The SMILES string of the molecule is CCC1(CNc2ccc(I)cc2[N+](=O)[O-])CC1. The summed E-state index contributed by atoms with van der Waals surface area (Å²) in [6, 6.07) is 5.29. The minimum atomic E-state index is -0.323. The zero-order valence-corrected chi connectivity index (χ0v) is 11.9. The van der Waals surface area contributed by atoms with Gasteiger partial charge in [-0.25, -0.2) is 0 Å². The van der Waals surface area contributed by atoms with Gasteiger partial charge in [-0.1, -0.05) is 6.92 Å². The molecule has 1 aliphatic rings. The Morgan fingerprint density at radius 2 is 2.24 bits per heavy atom. The maximum Gasteiger partial charge on any atom is 0.293 e. The lowest BCUT2D eigenvalue weighted by Crippen LogP contribution is -2.15. The third kappa shape index (κ3) is 2.88. The maximum absolute atomic E-state index is 10.9. The fraction of sp³-hybridized carbons (Fsp3) is 0.500. The van der Waals surface area contributed by atoms with Crippen molar-refractivity contribution in [2.75, 3.05) is 11.9 Å². The molecule has 2 rings (SSSR count). The number of hydrogen-bond acceptors (Lipinski definition) is 3. The summed E-state index contributed by atoms with van der Waals surface area (Å²) < 4.78 is 0.886. The number of benzene rings is 1. The van der Waals surface area contributed by atoms with Crippen LogP contribution in [0.4, 0.5) is 11.4 Å². The molecule has 1 aliphatic carbocycles. The average Bonchev–Trinajstić information content (AvgIpc) is 3.08. The van der Waals surface area contributed by atoms with Gasteiger partial charge in [0.1, 0.15) is 5.69 Å². The average molecular weight is 346 g/mol. The molecule has 0 aromatic heterocycles. The number of halogens is 1. The Bertz CT molecular complexity index is 444. The molecule has 0 spiro atoms. The van der Waals surface area contributed by atoms with E-state index in [9.17, 15) is 10.1 Å². The Labute approximate surface area is 114 Å². The number of rotatable bonds is 5. The van der Waals surface area contributed by atoms with Crippen LogP contribution in [0, 0.1) is 19.1 Å². The lowest BCUT2D eigenvalue weighted by atomic mass is 10.0. The van der Waals surface area contributed by atoms with Gasteiger partial charge in [-0.3, -0.25) is 10.1 Å². The van der Waals surface area contributed by atoms with Crippen LogP contribution in [-0.2, 0) is 0 Å². The first kappa shape index (κ1) is 12.6. The number of anilines is 1. The normalized spacial score (nSPS) is 16.6. The van der Waals surface area contributed by atoms with Gasteiger partial charge in [0, 0.05) is 16.2 Å². The van der Waals surface area contributed by atoms with E-state index in [2.05, 4.69) is 34.8 Å². The first-order valence-corrected chi connectivity index (χ1v) is 6.82. The van der Waals surface area contributed by atoms with Gasteiger partial charge < -0.3 is 5.32 Å². The molecule has 4 nitrogen and oxygen atoms in total. The third-order valence-corrected chi connectivity index (χ3v) is 4.19. The Morgan fingerprint density at radius 3 is 2.76 bits per heavy atom. The largest absolute Gasteiger partial charge is 0.379 e. The molecule has 1 aromatic rings. The van der Waals surface area contributed by atoms with E-state index in [-0.39, 0.29) is 10.6 Å². The second kappa shape index (κ2) is 4.80. The molecule has 1 aromatic carbocycles. The highest BCUT2D eigenvalue weighted by Crippen LogP contribution is 2.48. The smallest absolute Gasteiger partial charge is 0.293 e. The highest BCUT2D eigenvalue weighted by atomic mass is 127. The van der Waals surface area contributed by atoms with E-state index in [0.717, 1.165) is 16.5 Å². The molecule has 1 fully saturated rings.